The van der Waals surface area contributed by atoms with E-state index in [1.165, 1.54) is 35.0 Å². The Bertz CT molecular complexity index is 2320. The fourth-order valence-electron chi connectivity index (χ4n) is 11.8. The minimum atomic E-state index is -1.78. The molecule has 2 aromatic rings. The first-order valence-corrected chi connectivity index (χ1v) is 26.6. The smallest absolute Gasteiger partial charge is 0.202 e. The molecule has 77 heavy (non-hydrogen) atoms. The molecule has 5 aliphatic heterocycles. The standard InChI is InChI=1S/C53H80O24/c1-19-30(73-35-15-31(43(58)21(3)68-35)74-34-14-29(55)49(66-9)24(6)71-34)13-27-11-26-12-28(50(67-10)48(63)42(57)20(2)54)51(47(62)40(26)46(61)39(27)41(19)56)77-37-17-32(44(59)23(5)70-37)75-36-16-33(45(60)22(4)69-36)76-38-18-53(8,65)52(64)25(7)72-38/h11,13,20-25,28-29,31-38,42-45,48-52,54-61,63-65H,12,14-18H2,1-10H3/t20-,21?,22?,23?,24?,25?,28+,29?,31?,32?,33?,34?,35?,36?,37?,38?,42+,43?,44?,45?,48?,49?,50+,51+,52?,53?/m1/s1. The van der Waals surface area contributed by atoms with Gasteiger partial charge in [0.05, 0.1) is 83.7 Å². The maximum Gasteiger partial charge on any atom is 0.202 e. The van der Waals surface area contributed by atoms with E-state index in [0.29, 0.717) is 0 Å². The Morgan fingerprint density at radius 2 is 1.17 bits per heavy atom. The quantitative estimate of drug-likeness (QED) is 0.107. The van der Waals surface area contributed by atoms with Gasteiger partial charge in [-0.1, -0.05) is 0 Å². The number of methoxy groups -OCH3 is 2. The van der Waals surface area contributed by atoms with Gasteiger partial charge in [0.1, 0.15) is 66.1 Å². The van der Waals surface area contributed by atoms with Gasteiger partial charge in [0, 0.05) is 57.8 Å². The third-order valence-electron chi connectivity index (χ3n) is 16.3. The van der Waals surface area contributed by atoms with E-state index in [-0.39, 0.29) is 71.7 Å². The molecule has 2 aromatic carbocycles. The number of ketones is 1. The number of hydrogen-bond acceptors (Lipinski definition) is 24. The van der Waals surface area contributed by atoms with E-state index in [1.54, 1.807) is 46.8 Å². The normalized spacial score (nSPS) is 42.6. The van der Waals surface area contributed by atoms with Gasteiger partial charge in [-0.25, -0.2) is 0 Å². The van der Waals surface area contributed by atoms with Gasteiger partial charge in [-0.2, -0.15) is 0 Å². The molecule has 5 fully saturated rings. The zero-order valence-corrected chi connectivity index (χ0v) is 45.1. The molecule has 24 heteroatoms. The Morgan fingerprint density at radius 1 is 0.662 bits per heavy atom. The Morgan fingerprint density at radius 3 is 1.70 bits per heavy atom. The number of hydrogen-bond donors (Lipinski definition) is 11. The molecular weight excluding hydrogens is 1020 g/mol. The van der Waals surface area contributed by atoms with Crippen molar-refractivity contribution in [2.75, 3.05) is 14.2 Å². The van der Waals surface area contributed by atoms with Crippen LogP contribution in [0.4, 0.5) is 0 Å². The molecule has 436 valence electrons. The van der Waals surface area contributed by atoms with Crippen molar-refractivity contribution < 1.29 is 118 Å². The second kappa shape index (κ2) is 24.2. The van der Waals surface area contributed by atoms with E-state index in [2.05, 4.69) is 0 Å². The molecule has 1 aliphatic carbocycles. The molecule has 8 rings (SSSR count). The fourth-order valence-corrected chi connectivity index (χ4v) is 11.8. The van der Waals surface area contributed by atoms with Gasteiger partial charge in [0.15, 0.2) is 30.9 Å². The Hall–Kier alpha value is -3.03. The van der Waals surface area contributed by atoms with Crippen LogP contribution in [0, 0.1) is 12.8 Å². The summed E-state index contributed by atoms with van der Waals surface area (Å²) in [5.74, 6) is -2.85. The summed E-state index contributed by atoms with van der Waals surface area (Å²) < 4.78 is 72.6. The monoisotopic (exact) mass is 1100 g/mol. The molecule has 0 spiro atoms. The van der Waals surface area contributed by atoms with Crippen LogP contribution < -0.4 is 4.74 Å². The minimum Gasteiger partial charge on any atom is -0.507 e. The summed E-state index contributed by atoms with van der Waals surface area (Å²) in [5.41, 5.74) is -1.35. The summed E-state index contributed by atoms with van der Waals surface area (Å²) in [6.45, 7) is 12.4. The van der Waals surface area contributed by atoms with Crippen molar-refractivity contribution in [3.8, 4) is 17.2 Å². The van der Waals surface area contributed by atoms with Crippen LogP contribution in [0.25, 0.3) is 10.8 Å². The first kappa shape index (κ1) is 60.1. The van der Waals surface area contributed by atoms with E-state index in [9.17, 15) is 56.2 Å². The molecule has 5 heterocycles. The van der Waals surface area contributed by atoms with Crippen molar-refractivity contribution in [3.05, 3.63) is 28.8 Å². The first-order valence-electron chi connectivity index (χ1n) is 26.6. The van der Waals surface area contributed by atoms with E-state index in [0.717, 1.165) is 0 Å². The Balaban J connectivity index is 1.04. The van der Waals surface area contributed by atoms with Gasteiger partial charge in [-0.3, -0.25) is 4.79 Å². The number of fused-ring (bicyclic) bond motifs is 2. The summed E-state index contributed by atoms with van der Waals surface area (Å²) in [6, 6.07) is 3.11. The maximum absolute atomic E-state index is 15.1. The first-order chi connectivity index (χ1) is 36.2. The van der Waals surface area contributed by atoms with Gasteiger partial charge in [0.25, 0.3) is 0 Å². The number of Topliss-reactive ketones (excluding diaryl/α,β-unsaturated/α-hetero) is 1. The highest BCUT2D eigenvalue weighted by atomic mass is 16.7. The number of phenols is 2. The van der Waals surface area contributed by atoms with E-state index in [4.69, 9.17) is 56.8 Å². The molecule has 5 saturated heterocycles. The predicted octanol–water partition coefficient (Wildman–Crippen LogP) is 0.197. The van der Waals surface area contributed by atoms with Crippen LogP contribution >= 0.6 is 0 Å². The highest BCUT2D eigenvalue weighted by Gasteiger charge is 2.51. The van der Waals surface area contributed by atoms with Crippen LogP contribution in [0.3, 0.4) is 0 Å². The van der Waals surface area contributed by atoms with Crippen LogP contribution in [-0.2, 0) is 58.5 Å². The average Bonchev–Trinajstić information content (AvgIpc) is 3.36. The second-order valence-corrected chi connectivity index (χ2v) is 22.1. The largest absolute Gasteiger partial charge is 0.507 e. The number of carbonyl (C=O) groups excluding carboxylic acids is 1. The lowest BCUT2D eigenvalue weighted by molar-refractivity contribution is -0.334. The second-order valence-electron chi connectivity index (χ2n) is 22.1. The molecular formula is C53H80O24. The van der Waals surface area contributed by atoms with Crippen LogP contribution in [0.5, 0.6) is 17.2 Å². The fraction of sp³-hybridized carbons (Fsp3) is 0.792. The summed E-state index contributed by atoms with van der Waals surface area (Å²) >= 11 is 0. The van der Waals surface area contributed by atoms with Gasteiger partial charge in [-0.05, 0) is 84.9 Å². The van der Waals surface area contributed by atoms with E-state index in [1.807, 2.05) is 0 Å². The lowest BCUT2D eigenvalue weighted by Gasteiger charge is -2.46. The highest BCUT2D eigenvalue weighted by Crippen LogP contribution is 2.48. The van der Waals surface area contributed by atoms with Crippen LogP contribution in [0.1, 0.15) is 102 Å². The third kappa shape index (κ3) is 12.4. The number of aliphatic hydroxyl groups excluding tert-OH is 8. The van der Waals surface area contributed by atoms with Crippen molar-refractivity contribution in [2.45, 2.75) is 247 Å². The SMILES string of the molecule is COC1C(O)CC(OC2CC(Oc3cc4cc5c(c(O)c4c(O)c3C)C(=O)[C@@H](OC3CC(OC4CC(OC6CC(C)(O)C(O)C(C)O6)C(O)C(C)O4)C(O)C(C)O3)[C@H]([C@H](OC)C(O)[C@@H](O)[C@@H](C)O)C5)OC(C)C2O)OC1C. The molecule has 0 aromatic heterocycles. The number of aliphatic hydroxyl groups is 9. The zero-order chi connectivity index (χ0) is 56.3. The molecule has 0 amide bonds. The summed E-state index contributed by atoms with van der Waals surface area (Å²) in [6.07, 6.45) is -26.5. The molecule has 0 saturated carbocycles. The van der Waals surface area contributed by atoms with Gasteiger partial charge < -0.3 is 113 Å². The van der Waals surface area contributed by atoms with E-state index < -0.39 is 176 Å². The lowest BCUT2D eigenvalue weighted by atomic mass is 9.74. The number of ether oxygens (including phenoxy) is 12. The van der Waals surface area contributed by atoms with Crippen molar-refractivity contribution in [1.29, 1.82) is 0 Å². The van der Waals surface area contributed by atoms with Crippen molar-refractivity contribution in [1.82, 2.24) is 0 Å². The summed E-state index contributed by atoms with van der Waals surface area (Å²) in [7, 11) is 2.72. The minimum absolute atomic E-state index is 0.00466. The van der Waals surface area contributed by atoms with Crippen LogP contribution in [0.15, 0.2) is 12.1 Å². The zero-order valence-electron chi connectivity index (χ0n) is 45.1. The average molecular weight is 1100 g/mol. The Labute approximate surface area is 446 Å². The third-order valence-corrected chi connectivity index (χ3v) is 16.3. The number of carbonyl (C=O) groups is 1. The van der Waals surface area contributed by atoms with Gasteiger partial charge >= 0.3 is 0 Å². The number of phenolic OH excluding ortho intramolecular Hbond substituents is 2. The predicted molar refractivity (Wildman–Crippen MR) is 264 cm³/mol. The summed E-state index contributed by atoms with van der Waals surface area (Å²) in [4.78, 5) is 15.1. The molecule has 21 unspecified atom stereocenters. The molecule has 6 aliphatic rings. The van der Waals surface area contributed by atoms with Crippen molar-refractivity contribution in [2.24, 2.45) is 5.92 Å². The molecule has 0 bridgehead atoms. The summed E-state index contributed by atoms with van der Waals surface area (Å²) in [5, 5.41) is 122. The molecule has 11 N–H and O–H groups in total. The van der Waals surface area contributed by atoms with E-state index >= 15 is 4.79 Å². The maximum atomic E-state index is 15.1. The van der Waals surface area contributed by atoms with Crippen molar-refractivity contribution in [3.63, 3.8) is 0 Å². The molecule has 26 atom stereocenters. The van der Waals surface area contributed by atoms with Crippen LogP contribution in [-0.4, -0.2) is 229 Å². The van der Waals surface area contributed by atoms with Crippen LogP contribution in [0.2, 0.25) is 0 Å². The van der Waals surface area contributed by atoms with Gasteiger partial charge in [0.2, 0.25) is 6.29 Å². The van der Waals surface area contributed by atoms with Crippen molar-refractivity contribution >= 4 is 16.6 Å². The van der Waals surface area contributed by atoms with Gasteiger partial charge in [-0.15, -0.1) is 0 Å². The topological polar surface area (TPSA) is 350 Å². The Kier molecular flexibility index (Phi) is 18.9. The molecule has 24 nitrogen and oxygen atoms in total. The highest BCUT2D eigenvalue weighted by molar-refractivity contribution is 6.11. The number of rotatable bonds is 16. The number of benzene rings is 2. The number of aromatic hydroxyl groups is 2. The lowest BCUT2D eigenvalue weighted by Crippen LogP contribution is -2.58. The molecule has 0 radical (unpaired) electrons.